The molecule has 2 aliphatic rings. The molecular formula is C28H30O10S2. The van der Waals surface area contributed by atoms with E-state index in [9.17, 15) is 19.2 Å². The van der Waals surface area contributed by atoms with Gasteiger partial charge < -0.3 is 28.4 Å². The molecule has 4 unspecified atom stereocenters. The number of benzene rings is 1. The van der Waals surface area contributed by atoms with E-state index in [4.69, 9.17) is 28.4 Å². The zero-order valence-corrected chi connectivity index (χ0v) is 24.0. The van der Waals surface area contributed by atoms with Gasteiger partial charge in [-0.05, 0) is 35.6 Å². The van der Waals surface area contributed by atoms with Crippen LogP contribution in [0.3, 0.4) is 0 Å². The normalized spacial score (nSPS) is 25.9. The summed E-state index contributed by atoms with van der Waals surface area (Å²) in [5.74, 6) is -2.30. The first-order valence-corrected chi connectivity index (χ1v) is 14.3. The summed E-state index contributed by atoms with van der Waals surface area (Å²) in [7, 11) is 0. The van der Waals surface area contributed by atoms with Crippen molar-refractivity contribution in [1.29, 1.82) is 0 Å². The summed E-state index contributed by atoms with van der Waals surface area (Å²) in [4.78, 5) is 49.9. The fourth-order valence-electron chi connectivity index (χ4n) is 4.41. The molecule has 6 atom stereocenters. The topological polar surface area (TPSA) is 124 Å². The zero-order chi connectivity index (χ0) is 28.8. The van der Waals surface area contributed by atoms with Gasteiger partial charge in [0.15, 0.2) is 12.2 Å². The maximum absolute atomic E-state index is 12.0. The van der Waals surface area contributed by atoms with Crippen LogP contribution in [0.15, 0.2) is 47.9 Å². The van der Waals surface area contributed by atoms with Gasteiger partial charge in [0.1, 0.15) is 18.5 Å². The van der Waals surface area contributed by atoms with E-state index in [0.29, 0.717) is 11.0 Å². The van der Waals surface area contributed by atoms with E-state index in [1.165, 1.54) is 32.6 Å². The second kappa shape index (κ2) is 13.3. The maximum atomic E-state index is 12.0. The lowest BCUT2D eigenvalue weighted by Crippen LogP contribution is -2.63. The molecule has 0 N–H and O–H groups in total. The van der Waals surface area contributed by atoms with Gasteiger partial charge in [0, 0.05) is 42.7 Å². The molecule has 10 nitrogen and oxygen atoms in total. The highest BCUT2D eigenvalue weighted by Gasteiger charge is 2.53. The van der Waals surface area contributed by atoms with Crippen LogP contribution in [0, 0.1) is 0 Å². The van der Waals surface area contributed by atoms with Crippen LogP contribution in [0.25, 0.3) is 4.91 Å². The quantitative estimate of drug-likeness (QED) is 0.304. The van der Waals surface area contributed by atoms with Gasteiger partial charge in [0.25, 0.3) is 0 Å². The lowest BCUT2D eigenvalue weighted by molar-refractivity contribution is -0.288. The van der Waals surface area contributed by atoms with Crippen LogP contribution in [0.2, 0.25) is 0 Å². The maximum Gasteiger partial charge on any atom is 0.303 e. The largest absolute Gasteiger partial charge is 0.463 e. The summed E-state index contributed by atoms with van der Waals surface area (Å²) < 4.78 is 33.5. The Hall–Kier alpha value is -3.35. The molecule has 2 aromatic rings. The first-order chi connectivity index (χ1) is 19.1. The van der Waals surface area contributed by atoms with Crippen molar-refractivity contribution in [3.05, 3.63) is 58.3 Å². The number of hydrogen-bond acceptors (Lipinski definition) is 12. The van der Waals surface area contributed by atoms with Crippen molar-refractivity contribution in [1.82, 2.24) is 0 Å². The molecule has 3 heterocycles. The van der Waals surface area contributed by atoms with Gasteiger partial charge in [-0.3, -0.25) is 19.2 Å². The Balaban J connectivity index is 1.55. The van der Waals surface area contributed by atoms with Crippen LogP contribution in [0.4, 0.5) is 0 Å². The molecule has 1 aromatic carbocycles. The Morgan fingerprint density at radius 1 is 0.850 bits per heavy atom. The van der Waals surface area contributed by atoms with Gasteiger partial charge >= 0.3 is 23.9 Å². The molecular weight excluding hydrogens is 560 g/mol. The van der Waals surface area contributed by atoms with Crippen molar-refractivity contribution >= 4 is 51.9 Å². The second-order valence-corrected chi connectivity index (χ2v) is 11.4. The molecule has 0 saturated carbocycles. The standard InChI is InChI=1S/C28H30O10S2/c1-15(29)33-14-21-25(34-16(2)30)26(35-17(3)31)27(36-18(4)32)28(38-21)37-20-9-7-19(8-10-20)22-11-12-24(40-22)23-6-5-13-39-23/h5-11,13,21,24-28H,12,14H2,1-4H3/t21?,24?,25-,26?,27?,28-/m1/s1. The molecule has 0 spiro atoms. The van der Waals surface area contributed by atoms with Crippen LogP contribution in [0.5, 0.6) is 5.75 Å². The van der Waals surface area contributed by atoms with Crippen molar-refractivity contribution in [2.45, 2.75) is 70.1 Å². The number of ether oxygens (including phenoxy) is 6. The third kappa shape index (κ3) is 7.64. The van der Waals surface area contributed by atoms with E-state index in [0.717, 1.165) is 16.9 Å². The lowest BCUT2D eigenvalue weighted by Gasteiger charge is -2.43. The van der Waals surface area contributed by atoms with Crippen molar-refractivity contribution in [3.63, 3.8) is 0 Å². The average Bonchev–Trinajstić information content (AvgIpc) is 3.58. The van der Waals surface area contributed by atoms with Gasteiger partial charge in [0.05, 0.1) is 0 Å². The molecule has 0 radical (unpaired) electrons. The number of rotatable bonds is 9. The van der Waals surface area contributed by atoms with Crippen molar-refractivity contribution in [2.24, 2.45) is 0 Å². The summed E-state index contributed by atoms with van der Waals surface area (Å²) in [5.41, 5.74) is 1.03. The number of thioether (sulfide) groups is 1. The minimum atomic E-state index is -1.29. The molecule has 4 rings (SSSR count). The van der Waals surface area contributed by atoms with Crippen LogP contribution in [-0.4, -0.2) is 61.2 Å². The number of carbonyl (C=O) groups excluding carboxylic acids is 4. The number of carbonyl (C=O) groups is 4. The summed E-state index contributed by atoms with van der Waals surface area (Å²) in [6.07, 6.45) is -3.03. The van der Waals surface area contributed by atoms with Crippen molar-refractivity contribution < 1.29 is 47.6 Å². The summed E-state index contributed by atoms with van der Waals surface area (Å²) >= 11 is 3.55. The monoisotopic (exact) mass is 590 g/mol. The zero-order valence-electron chi connectivity index (χ0n) is 22.4. The van der Waals surface area contributed by atoms with Crippen molar-refractivity contribution in [3.8, 4) is 5.75 Å². The van der Waals surface area contributed by atoms with E-state index in [1.807, 2.05) is 12.1 Å². The molecule has 1 aromatic heterocycles. The van der Waals surface area contributed by atoms with E-state index in [-0.39, 0.29) is 6.61 Å². The first-order valence-electron chi connectivity index (χ1n) is 12.6. The smallest absolute Gasteiger partial charge is 0.303 e. The van der Waals surface area contributed by atoms with Gasteiger partial charge in [-0.2, -0.15) is 0 Å². The van der Waals surface area contributed by atoms with Gasteiger partial charge in [-0.1, -0.05) is 24.3 Å². The van der Waals surface area contributed by atoms with Crippen LogP contribution in [0.1, 0.15) is 49.8 Å². The minimum Gasteiger partial charge on any atom is -0.463 e. The molecule has 0 bridgehead atoms. The highest BCUT2D eigenvalue weighted by Crippen LogP contribution is 2.49. The number of hydrogen-bond donors (Lipinski definition) is 0. The Bertz CT molecular complexity index is 1240. The third-order valence-corrected chi connectivity index (χ3v) is 8.51. The van der Waals surface area contributed by atoms with Gasteiger partial charge in [0.2, 0.25) is 12.4 Å². The summed E-state index contributed by atoms with van der Waals surface area (Å²) in [6.45, 7) is 4.40. The molecule has 2 aliphatic heterocycles. The third-order valence-electron chi connectivity index (χ3n) is 5.99. The molecule has 1 fully saturated rings. The van der Waals surface area contributed by atoms with Crippen LogP contribution in [-0.2, 0) is 42.9 Å². The van der Waals surface area contributed by atoms with Crippen LogP contribution >= 0.6 is 23.1 Å². The molecule has 12 heteroatoms. The Morgan fingerprint density at radius 3 is 2.10 bits per heavy atom. The Labute approximate surface area is 239 Å². The van der Waals surface area contributed by atoms with E-state index in [2.05, 4.69) is 23.6 Å². The molecule has 40 heavy (non-hydrogen) atoms. The Morgan fingerprint density at radius 2 is 1.50 bits per heavy atom. The number of allylic oxidation sites excluding steroid dienone is 1. The van der Waals surface area contributed by atoms with E-state index < -0.39 is 54.6 Å². The van der Waals surface area contributed by atoms with E-state index in [1.54, 1.807) is 35.2 Å². The summed E-state index contributed by atoms with van der Waals surface area (Å²) in [6, 6.07) is 11.5. The lowest BCUT2D eigenvalue weighted by atomic mass is 9.98. The highest BCUT2D eigenvalue weighted by molar-refractivity contribution is 8.08. The molecule has 0 aliphatic carbocycles. The minimum absolute atomic E-state index is 0.326. The van der Waals surface area contributed by atoms with Crippen molar-refractivity contribution in [2.75, 3.05) is 6.61 Å². The molecule has 214 valence electrons. The molecule has 0 amide bonds. The van der Waals surface area contributed by atoms with Gasteiger partial charge in [-0.25, -0.2) is 0 Å². The van der Waals surface area contributed by atoms with Crippen LogP contribution < -0.4 is 4.74 Å². The predicted molar refractivity (Wildman–Crippen MR) is 146 cm³/mol. The fraction of sp³-hybridized carbons (Fsp3) is 0.429. The summed E-state index contributed by atoms with van der Waals surface area (Å²) in [5, 5.41) is 2.47. The first kappa shape index (κ1) is 29.6. The van der Waals surface area contributed by atoms with E-state index >= 15 is 0 Å². The van der Waals surface area contributed by atoms with Gasteiger partial charge in [-0.15, -0.1) is 23.1 Å². The highest BCUT2D eigenvalue weighted by atomic mass is 32.2. The molecule has 1 saturated heterocycles. The number of esters is 4. The second-order valence-electron chi connectivity index (χ2n) is 9.14. The SMILES string of the molecule is CC(=O)OCC1O[C@@H](Oc2ccc(C3=CCC(c4cccs4)S3)cc2)C(OC(C)=O)C(OC(C)=O)[C@@H]1OC(C)=O. The Kier molecular flexibility index (Phi) is 9.88. The fourth-order valence-corrected chi connectivity index (χ4v) is 6.60. The average molecular weight is 591 g/mol. The number of thiophene rings is 1. The predicted octanol–water partition coefficient (Wildman–Crippen LogP) is 4.43.